The summed E-state index contributed by atoms with van der Waals surface area (Å²) < 4.78 is 5.25. The van der Waals surface area contributed by atoms with Crippen LogP contribution >= 0.6 is 0 Å². The number of nitrogens with zero attached hydrogens (tertiary/aromatic N) is 2. The van der Waals surface area contributed by atoms with Gasteiger partial charge in [-0.05, 0) is 41.7 Å². The van der Waals surface area contributed by atoms with Crippen molar-refractivity contribution in [1.82, 2.24) is 4.90 Å². The van der Waals surface area contributed by atoms with Crippen molar-refractivity contribution in [3.63, 3.8) is 0 Å². The summed E-state index contributed by atoms with van der Waals surface area (Å²) in [6.07, 6.45) is 0. The number of fused-ring (bicyclic) bond motifs is 1. The molecule has 0 saturated carbocycles. The van der Waals surface area contributed by atoms with Gasteiger partial charge in [0.2, 0.25) is 0 Å². The Balaban J connectivity index is 1.36. The summed E-state index contributed by atoms with van der Waals surface area (Å²) in [7, 11) is 1.72. The zero-order chi connectivity index (χ0) is 15.6. The number of hydrogen-bond acceptors (Lipinski definition) is 3. The third-order valence-electron chi connectivity index (χ3n) is 5.25. The SMILES string of the molecule is COc1ccc(N2C[C@@H]3CN(Cc4ccccc4)C[C@H]3C2)cc1. The second-order valence-corrected chi connectivity index (χ2v) is 6.80. The lowest BCUT2D eigenvalue weighted by Gasteiger charge is -2.23. The topological polar surface area (TPSA) is 15.7 Å². The molecule has 2 aromatic rings. The van der Waals surface area contributed by atoms with Gasteiger partial charge in [0.25, 0.3) is 0 Å². The van der Waals surface area contributed by atoms with Crippen LogP contribution in [0.15, 0.2) is 54.6 Å². The van der Waals surface area contributed by atoms with E-state index in [9.17, 15) is 0 Å². The molecule has 120 valence electrons. The Bertz CT molecular complexity index is 626. The van der Waals surface area contributed by atoms with Gasteiger partial charge in [-0.2, -0.15) is 0 Å². The van der Waals surface area contributed by atoms with E-state index in [2.05, 4.69) is 64.4 Å². The molecule has 3 nitrogen and oxygen atoms in total. The zero-order valence-electron chi connectivity index (χ0n) is 13.7. The lowest BCUT2D eigenvalue weighted by atomic mass is 10.0. The number of anilines is 1. The second-order valence-electron chi connectivity index (χ2n) is 6.80. The maximum absolute atomic E-state index is 5.25. The van der Waals surface area contributed by atoms with Gasteiger partial charge >= 0.3 is 0 Å². The molecule has 0 aliphatic carbocycles. The minimum atomic E-state index is 0.806. The molecule has 23 heavy (non-hydrogen) atoms. The molecule has 2 aliphatic rings. The molecule has 3 heteroatoms. The van der Waals surface area contributed by atoms with Crippen molar-refractivity contribution in [3.05, 3.63) is 60.2 Å². The molecular formula is C20H24N2O. The van der Waals surface area contributed by atoms with Crippen LogP contribution < -0.4 is 9.64 Å². The summed E-state index contributed by atoms with van der Waals surface area (Å²) in [5.74, 6) is 2.55. The van der Waals surface area contributed by atoms with Crippen LogP contribution in [0.5, 0.6) is 5.75 Å². The predicted molar refractivity (Wildman–Crippen MR) is 93.9 cm³/mol. The van der Waals surface area contributed by atoms with Crippen molar-refractivity contribution in [3.8, 4) is 5.75 Å². The van der Waals surface area contributed by atoms with E-state index in [1.54, 1.807) is 7.11 Å². The van der Waals surface area contributed by atoms with Crippen molar-refractivity contribution < 1.29 is 4.74 Å². The van der Waals surface area contributed by atoms with Crippen LogP contribution in [0, 0.1) is 11.8 Å². The van der Waals surface area contributed by atoms with Crippen molar-refractivity contribution in [2.75, 3.05) is 38.2 Å². The molecule has 2 heterocycles. The minimum absolute atomic E-state index is 0.806. The van der Waals surface area contributed by atoms with E-state index in [4.69, 9.17) is 4.74 Å². The van der Waals surface area contributed by atoms with E-state index in [1.807, 2.05) is 0 Å². The normalized spacial score (nSPS) is 24.0. The first-order valence-corrected chi connectivity index (χ1v) is 8.47. The number of benzene rings is 2. The lowest BCUT2D eigenvalue weighted by Crippen LogP contribution is -2.28. The van der Waals surface area contributed by atoms with Crippen LogP contribution in [0.1, 0.15) is 5.56 Å². The molecule has 0 bridgehead atoms. The minimum Gasteiger partial charge on any atom is -0.497 e. The highest BCUT2D eigenvalue weighted by Gasteiger charge is 2.39. The molecule has 2 fully saturated rings. The summed E-state index contributed by atoms with van der Waals surface area (Å²) in [6.45, 7) is 5.92. The zero-order valence-corrected chi connectivity index (χ0v) is 13.7. The van der Waals surface area contributed by atoms with Gasteiger partial charge in [-0.1, -0.05) is 30.3 Å². The maximum atomic E-state index is 5.25. The highest BCUT2D eigenvalue weighted by molar-refractivity contribution is 5.50. The molecule has 0 N–H and O–H groups in total. The average molecular weight is 308 g/mol. The fourth-order valence-electron chi connectivity index (χ4n) is 4.06. The third kappa shape index (κ3) is 3.06. The van der Waals surface area contributed by atoms with E-state index in [-0.39, 0.29) is 0 Å². The van der Waals surface area contributed by atoms with Crippen molar-refractivity contribution >= 4 is 5.69 Å². The largest absolute Gasteiger partial charge is 0.497 e. The molecule has 0 amide bonds. The summed E-state index contributed by atoms with van der Waals surface area (Å²) in [5.41, 5.74) is 2.76. The Hall–Kier alpha value is -2.00. The Labute approximate surface area is 138 Å². The van der Waals surface area contributed by atoms with Gasteiger partial charge in [-0.25, -0.2) is 0 Å². The number of rotatable bonds is 4. The van der Waals surface area contributed by atoms with Gasteiger partial charge in [0.05, 0.1) is 7.11 Å². The Morgan fingerprint density at radius 3 is 2.13 bits per heavy atom. The van der Waals surface area contributed by atoms with Gasteiger partial charge in [-0.3, -0.25) is 4.90 Å². The average Bonchev–Trinajstić information content (AvgIpc) is 3.14. The van der Waals surface area contributed by atoms with Gasteiger partial charge < -0.3 is 9.64 Å². The van der Waals surface area contributed by atoms with E-state index in [0.717, 1.165) is 24.1 Å². The van der Waals surface area contributed by atoms with Crippen LogP contribution in [0.3, 0.4) is 0 Å². The predicted octanol–water partition coefficient (Wildman–Crippen LogP) is 3.26. The molecule has 2 atom stereocenters. The van der Waals surface area contributed by atoms with Crippen molar-refractivity contribution in [2.45, 2.75) is 6.54 Å². The summed E-state index contributed by atoms with van der Waals surface area (Å²) in [6, 6.07) is 19.3. The van der Waals surface area contributed by atoms with Crippen molar-refractivity contribution in [1.29, 1.82) is 0 Å². The highest BCUT2D eigenvalue weighted by atomic mass is 16.5. The molecular weight excluding hydrogens is 284 g/mol. The molecule has 2 aliphatic heterocycles. The van der Waals surface area contributed by atoms with Crippen molar-refractivity contribution in [2.24, 2.45) is 11.8 Å². The van der Waals surface area contributed by atoms with Gasteiger partial charge in [-0.15, -0.1) is 0 Å². The molecule has 4 rings (SSSR count). The standard InChI is InChI=1S/C20H24N2O/c1-23-20-9-7-19(8-10-20)22-14-17-12-21(13-18(17)15-22)11-16-5-3-2-4-6-16/h2-10,17-18H,11-15H2,1H3/t17-,18-/m0/s1. The van der Waals surface area contributed by atoms with Crippen LogP contribution in [0.25, 0.3) is 0 Å². The highest BCUT2D eigenvalue weighted by Crippen LogP contribution is 2.34. The lowest BCUT2D eigenvalue weighted by molar-refractivity contribution is 0.309. The Morgan fingerprint density at radius 2 is 1.52 bits per heavy atom. The van der Waals surface area contributed by atoms with E-state index >= 15 is 0 Å². The van der Waals surface area contributed by atoms with E-state index in [1.165, 1.54) is 37.4 Å². The van der Waals surface area contributed by atoms with Crippen LogP contribution in [-0.2, 0) is 6.54 Å². The number of ether oxygens (including phenoxy) is 1. The quantitative estimate of drug-likeness (QED) is 0.862. The van der Waals surface area contributed by atoms with Gasteiger partial charge in [0.1, 0.15) is 5.75 Å². The fourth-order valence-corrected chi connectivity index (χ4v) is 4.06. The molecule has 0 aromatic heterocycles. The molecule has 0 radical (unpaired) electrons. The van der Waals surface area contributed by atoms with E-state index in [0.29, 0.717) is 0 Å². The third-order valence-corrected chi connectivity index (χ3v) is 5.25. The van der Waals surface area contributed by atoms with Gasteiger partial charge in [0, 0.05) is 38.4 Å². The van der Waals surface area contributed by atoms with Crippen LogP contribution in [-0.4, -0.2) is 38.2 Å². The number of likely N-dealkylation sites (tertiary alicyclic amines) is 1. The maximum Gasteiger partial charge on any atom is 0.119 e. The molecule has 2 aromatic carbocycles. The molecule has 2 saturated heterocycles. The second kappa shape index (κ2) is 6.25. The van der Waals surface area contributed by atoms with Gasteiger partial charge in [0.15, 0.2) is 0 Å². The summed E-state index contributed by atoms with van der Waals surface area (Å²) in [4.78, 5) is 5.16. The Morgan fingerprint density at radius 1 is 0.870 bits per heavy atom. The monoisotopic (exact) mass is 308 g/mol. The summed E-state index contributed by atoms with van der Waals surface area (Å²) >= 11 is 0. The summed E-state index contributed by atoms with van der Waals surface area (Å²) in [5, 5.41) is 0. The smallest absolute Gasteiger partial charge is 0.119 e. The number of hydrogen-bond donors (Lipinski definition) is 0. The van der Waals surface area contributed by atoms with Crippen LogP contribution in [0.4, 0.5) is 5.69 Å². The van der Waals surface area contributed by atoms with Crippen LogP contribution in [0.2, 0.25) is 0 Å². The molecule has 0 unspecified atom stereocenters. The first-order valence-electron chi connectivity index (χ1n) is 8.47. The fraction of sp³-hybridized carbons (Fsp3) is 0.400. The van der Waals surface area contributed by atoms with E-state index < -0.39 is 0 Å². The first-order chi connectivity index (χ1) is 11.3. The molecule has 0 spiro atoms. The number of methoxy groups -OCH3 is 1. The first kappa shape index (κ1) is 14.6. The Kier molecular flexibility index (Phi) is 3.96.